The van der Waals surface area contributed by atoms with Gasteiger partial charge < -0.3 is 5.11 Å². The predicted octanol–water partition coefficient (Wildman–Crippen LogP) is 2.50. The van der Waals surface area contributed by atoms with Crippen molar-refractivity contribution in [1.82, 2.24) is 0 Å². The molecule has 6 heteroatoms. The lowest BCUT2D eigenvalue weighted by Gasteiger charge is -2.10. The molecule has 1 aromatic rings. The van der Waals surface area contributed by atoms with Gasteiger partial charge in [0, 0.05) is 17.0 Å². The van der Waals surface area contributed by atoms with Gasteiger partial charge in [-0.2, -0.15) is 0 Å². The van der Waals surface area contributed by atoms with E-state index >= 15 is 0 Å². The van der Waals surface area contributed by atoms with E-state index in [1.165, 1.54) is 30.8 Å². The number of nitro groups is 1. The van der Waals surface area contributed by atoms with Crippen molar-refractivity contribution in [2.75, 3.05) is 6.26 Å². The lowest BCUT2D eigenvalue weighted by atomic mass is 10.0. The first kappa shape index (κ1) is 12.5. The summed E-state index contributed by atoms with van der Waals surface area (Å²) >= 11 is 1.38. The summed E-state index contributed by atoms with van der Waals surface area (Å²) in [5.74, 6) is -1.74. The van der Waals surface area contributed by atoms with Gasteiger partial charge in [0.05, 0.1) is 10.8 Å². The molecule has 1 atom stereocenters. The minimum Gasteiger partial charge on any atom is -0.481 e. The second-order valence-electron chi connectivity index (χ2n) is 3.24. The van der Waals surface area contributed by atoms with Crippen molar-refractivity contribution in [2.45, 2.75) is 17.7 Å². The molecule has 0 radical (unpaired) electrons. The average molecular weight is 241 g/mol. The van der Waals surface area contributed by atoms with Crippen LogP contribution >= 0.6 is 11.8 Å². The van der Waals surface area contributed by atoms with Gasteiger partial charge in [0.1, 0.15) is 0 Å². The molecular weight excluding hydrogens is 230 g/mol. The molecule has 5 nitrogen and oxygen atoms in total. The van der Waals surface area contributed by atoms with Crippen molar-refractivity contribution in [2.24, 2.45) is 0 Å². The molecule has 0 spiro atoms. The fourth-order valence-corrected chi connectivity index (χ4v) is 1.98. The molecule has 0 aliphatic carbocycles. The summed E-state index contributed by atoms with van der Waals surface area (Å²) in [6.45, 7) is 1.51. The molecule has 1 unspecified atom stereocenters. The highest BCUT2D eigenvalue weighted by molar-refractivity contribution is 7.98. The number of carboxylic acids is 1. The number of non-ortho nitro benzene ring substituents is 1. The topological polar surface area (TPSA) is 80.4 Å². The normalized spacial score (nSPS) is 12.1. The van der Waals surface area contributed by atoms with Crippen molar-refractivity contribution in [3.8, 4) is 0 Å². The van der Waals surface area contributed by atoms with E-state index < -0.39 is 16.8 Å². The largest absolute Gasteiger partial charge is 0.481 e. The Hall–Kier alpha value is -1.56. The van der Waals surface area contributed by atoms with Crippen LogP contribution < -0.4 is 0 Å². The second-order valence-corrected chi connectivity index (χ2v) is 4.09. The summed E-state index contributed by atoms with van der Waals surface area (Å²) in [6.07, 6.45) is 1.80. The van der Waals surface area contributed by atoms with Gasteiger partial charge in [-0.1, -0.05) is 0 Å². The van der Waals surface area contributed by atoms with Gasteiger partial charge in [-0.05, 0) is 24.8 Å². The monoisotopic (exact) mass is 241 g/mol. The maximum Gasteiger partial charge on any atom is 0.310 e. The van der Waals surface area contributed by atoms with Gasteiger partial charge >= 0.3 is 5.97 Å². The third-order valence-corrected chi connectivity index (χ3v) is 3.07. The number of carboxylic acid groups (broad SMARTS) is 1. The number of nitrogens with zero attached hydrogens (tertiary/aromatic N) is 1. The molecule has 1 N–H and O–H groups in total. The lowest BCUT2D eigenvalue weighted by molar-refractivity contribution is -0.385. The molecule has 1 rings (SSSR count). The van der Waals surface area contributed by atoms with Crippen molar-refractivity contribution in [1.29, 1.82) is 0 Å². The fourth-order valence-electron chi connectivity index (χ4n) is 1.31. The Morgan fingerprint density at radius 1 is 1.56 bits per heavy atom. The van der Waals surface area contributed by atoms with E-state index in [1.54, 1.807) is 12.3 Å². The molecule has 0 heterocycles. The van der Waals surface area contributed by atoms with E-state index in [0.29, 0.717) is 5.56 Å². The zero-order valence-electron chi connectivity index (χ0n) is 8.84. The fraction of sp³-hybridized carbons (Fsp3) is 0.300. The van der Waals surface area contributed by atoms with Crippen LogP contribution in [0.4, 0.5) is 5.69 Å². The van der Waals surface area contributed by atoms with Gasteiger partial charge in [-0.25, -0.2) is 0 Å². The number of aliphatic carboxylic acids is 1. The molecule has 1 aromatic carbocycles. The Kier molecular flexibility index (Phi) is 3.89. The number of benzene rings is 1. The molecule has 0 bridgehead atoms. The summed E-state index contributed by atoms with van der Waals surface area (Å²) in [5, 5.41) is 19.5. The smallest absolute Gasteiger partial charge is 0.310 e. The van der Waals surface area contributed by atoms with E-state index in [1.807, 2.05) is 0 Å². The molecule has 86 valence electrons. The molecule has 16 heavy (non-hydrogen) atoms. The Morgan fingerprint density at radius 2 is 2.19 bits per heavy atom. The Labute approximate surface area is 96.6 Å². The van der Waals surface area contributed by atoms with Crippen LogP contribution in [0.3, 0.4) is 0 Å². The first-order chi connectivity index (χ1) is 7.47. The van der Waals surface area contributed by atoms with Crippen LogP contribution in [0.1, 0.15) is 18.4 Å². The van der Waals surface area contributed by atoms with Crippen LogP contribution in [0.5, 0.6) is 0 Å². The van der Waals surface area contributed by atoms with Crippen molar-refractivity contribution < 1.29 is 14.8 Å². The zero-order chi connectivity index (χ0) is 12.3. The molecule has 0 amide bonds. The highest BCUT2D eigenvalue weighted by Gasteiger charge is 2.20. The van der Waals surface area contributed by atoms with E-state index in [0.717, 1.165) is 4.90 Å². The van der Waals surface area contributed by atoms with Crippen molar-refractivity contribution in [3.05, 3.63) is 33.9 Å². The Bertz CT molecular complexity index is 433. The van der Waals surface area contributed by atoms with Crippen molar-refractivity contribution >= 4 is 23.4 Å². The molecule has 0 aliphatic rings. The maximum absolute atomic E-state index is 10.9. The SMILES string of the molecule is CSc1ccc([N+](=O)[O-])cc1C(C)C(=O)O. The van der Waals surface area contributed by atoms with Gasteiger partial charge in [0.15, 0.2) is 0 Å². The molecule has 0 aliphatic heterocycles. The van der Waals surface area contributed by atoms with Gasteiger partial charge in [-0.15, -0.1) is 11.8 Å². The molecule has 0 aromatic heterocycles. The average Bonchev–Trinajstić information content (AvgIpc) is 2.26. The highest BCUT2D eigenvalue weighted by Crippen LogP contribution is 2.30. The Balaban J connectivity index is 3.27. The number of rotatable bonds is 4. The zero-order valence-corrected chi connectivity index (χ0v) is 9.65. The first-order valence-corrected chi connectivity index (χ1v) is 5.75. The van der Waals surface area contributed by atoms with Gasteiger partial charge in [-0.3, -0.25) is 14.9 Å². The second kappa shape index (κ2) is 4.98. The van der Waals surface area contributed by atoms with Gasteiger partial charge in [0.25, 0.3) is 5.69 Å². The highest BCUT2D eigenvalue weighted by atomic mass is 32.2. The Morgan fingerprint density at radius 3 is 2.62 bits per heavy atom. The first-order valence-electron chi connectivity index (χ1n) is 4.52. The predicted molar refractivity (Wildman–Crippen MR) is 60.9 cm³/mol. The van der Waals surface area contributed by atoms with Crippen LogP contribution in [-0.2, 0) is 4.79 Å². The summed E-state index contributed by atoms with van der Waals surface area (Å²) in [4.78, 5) is 21.7. The number of nitro benzene ring substituents is 1. The minimum atomic E-state index is -0.990. The van der Waals surface area contributed by atoms with Crippen LogP contribution in [0.15, 0.2) is 23.1 Å². The summed E-state index contributed by atoms with van der Waals surface area (Å²) in [6, 6.07) is 4.28. The summed E-state index contributed by atoms with van der Waals surface area (Å²) in [5.41, 5.74) is 0.398. The maximum atomic E-state index is 10.9. The quantitative estimate of drug-likeness (QED) is 0.497. The van der Waals surface area contributed by atoms with Crippen LogP contribution in [0, 0.1) is 10.1 Å². The number of hydrogen-bond donors (Lipinski definition) is 1. The number of hydrogen-bond acceptors (Lipinski definition) is 4. The molecule has 0 saturated heterocycles. The summed E-state index contributed by atoms with van der Waals surface area (Å²) < 4.78 is 0. The molecule has 0 saturated carbocycles. The van der Waals surface area contributed by atoms with Crippen LogP contribution in [0.2, 0.25) is 0 Å². The molecule has 0 fully saturated rings. The van der Waals surface area contributed by atoms with Crippen LogP contribution in [-0.4, -0.2) is 22.3 Å². The van der Waals surface area contributed by atoms with E-state index in [4.69, 9.17) is 5.11 Å². The van der Waals surface area contributed by atoms with E-state index in [2.05, 4.69) is 0 Å². The minimum absolute atomic E-state index is 0.0825. The van der Waals surface area contributed by atoms with E-state index in [-0.39, 0.29) is 5.69 Å². The van der Waals surface area contributed by atoms with Crippen LogP contribution in [0.25, 0.3) is 0 Å². The van der Waals surface area contributed by atoms with Crippen molar-refractivity contribution in [3.63, 3.8) is 0 Å². The number of carbonyl (C=O) groups is 1. The molecular formula is C10H11NO4S. The lowest BCUT2D eigenvalue weighted by Crippen LogP contribution is -2.09. The third kappa shape index (κ3) is 2.52. The summed E-state index contributed by atoms with van der Waals surface area (Å²) in [7, 11) is 0. The van der Waals surface area contributed by atoms with E-state index in [9.17, 15) is 14.9 Å². The number of thioether (sulfide) groups is 1. The van der Waals surface area contributed by atoms with Gasteiger partial charge in [0.2, 0.25) is 0 Å². The standard InChI is InChI=1S/C10H11NO4S/c1-6(10(12)13)8-5-7(11(14)15)3-4-9(8)16-2/h3-6H,1-2H3,(H,12,13). The third-order valence-electron chi connectivity index (χ3n) is 2.26.